The molecule has 1 aliphatic heterocycles. The van der Waals surface area contributed by atoms with E-state index in [0.717, 1.165) is 16.8 Å². The molecule has 1 saturated heterocycles. The number of halogens is 1. The van der Waals surface area contributed by atoms with Crippen molar-refractivity contribution in [2.75, 3.05) is 18.6 Å². The molecule has 0 saturated carbocycles. The third-order valence-corrected chi connectivity index (χ3v) is 3.50. The van der Waals surface area contributed by atoms with Crippen LogP contribution in [-0.4, -0.2) is 19.7 Å². The third kappa shape index (κ3) is 2.12. The van der Waals surface area contributed by atoms with E-state index in [0.29, 0.717) is 6.04 Å². The van der Waals surface area contributed by atoms with Gasteiger partial charge in [-0.15, -0.1) is 0 Å². The van der Waals surface area contributed by atoms with Crippen molar-refractivity contribution >= 4 is 21.6 Å². The SMILES string of the molecule is COc1ccc(Br)cc1N1CCCC1C. The molecule has 2 rings (SSSR count). The lowest BCUT2D eigenvalue weighted by atomic mass is 10.2. The molecule has 0 spiro atoms. The van der Waals surface area contributed by atoms with Gasteiger partial charge in [0.25, 0.3) is 0 Å². The Morgan fingerprint density at radius 1 is 1.47 bits per heavy atom. The van der Waals surface area contributed by atoms with Crippen molar-refractivity contribution < 1.29 is 4.74 Å². The van der Waals surface area contributed by atoms with Gasteiger partial charge < -0.3 is 9.64 Å². The van der Waals surface area contributed by atoms with Gasteiger partial charge in [-0.05, 0) is 38.0 Å². The van der Waals surface area contributed by atoms with Crippen LogP contribution in [0.3, 0.4) is 0 Å². The Morgan fingerprint density at radius 2 is 2.27 bits per heavy atom. The van der Waals surface area contributed by atoms with Crippen molar-refractivity contribution in [1.82, 2.24) is 0 Å². The molecule has 1 atom stereocenters. The molecule has 0 aliphatic carbocycles. The van der Waals surface area contributed by atoms with Crippen LogP contribution in [0.15, 0.2) is 22.7 Å². The number of rotatable bonds is 2. The van der Waals surface area contributed by atoms with Crippen LogP contribution in [0.1, 0.15) is 19.8 Å². The molecule has 1 fully saturated rings. The minimum atomic E-state index is 0.619. The molecule has 0 amide bonds. The van der Waals surface area contributed by atoms with E-state index in [-0.39, 0.29) is 0 Å². The average molecular weight is 270 g/mol. The minimum absolute atomic E-state index is 0.619. The van der Waals surface area contributed by atoms with E-state index >= 15 is 0 Å². The molecule has 0 N–H and O–H groups in total. The summed E-state index contributed by atoms with van der Waals surface area (Å²) in [6.07, 6.45) is 2.55. The van der Waals surface area contributed by atoms with Crippen LogP contribution in [-0.2, 0) is 0 Å². The first-order valence-electron chi connectivity index (χ1n) is 5.32. The van der Waals surface area contributed by atoms with E-state index in [1.54, 1.807) is 7.11 Å². The van der Waals surface area contributed by atoms with Crippen LogP contribution in [0, 0.1) is 0 Å². The maximum absolute atomic E-state index is 5.40. The predicted molar refractivity (Wildman–Crippen MR) is 66.7 cm³/mol. The van der Waals surface area contributed by atoms with Crippen molar-refractivity contribution in [3.63, 3.8) is 0 Å². The Hall–Kier alpha value is -0.700. The summed E-state index contributed by atoms with van der Waals surface area (Å²) in [6, 6.07) is 6.79. The Morgan fingerprint density at radius 3 is 2.87 bits per heavy atom. The van der Waals surface area contributed by atoms with E-state index in [9.17, 15) is 0 Å². The molecule has 15 heavy (non-hydrogen) atoms. The summed E-state index contributed by atoms with van der Waals surface area (Å²) in [4.78, 5) is 2.42. The summed E-state index contributed by atoms with van der Waals surface area (Å²) in [6.45, 7) is 3.40. The van der Waals surface area contributed by atoms with Gasteiger partial charge >= 0.3 is 0 Å². The van der Waals surface area contributed by atoms with Crippen LogP contribution in [0.2, 0.25) is 0 Å². The lowest BCUT2D eigenvalue weighted by Gasteiger charge is -2.25. The average Bonchev–Trinajstić information content (AvgIpc) is 2.64. The normalized spacial score (nSPS) is 20.7. The van der Waals surface area contributed by atoms with Gasteiger partial charge in [-0.25, -0.2) is 0 Å². The summed E-state index contributed by atoms with van der Waals surface area (Å²) < 4.78 is 6.51. The molecular formula is C12H16BrNO. The van der Waals surface area contributed by atoms with E-state index < -0.39 is 0 Å². The quantitative estimate of drug-likeness (QED) is 0.816. The molecule has 82 valence electrons. The van der Waals surface area contributed by atoms with Crippen molar-refractivity contribution in [2.45, 2.75) is 25.8 Å². The Kier molecular flexibility index (Phi) is 3.19. The molecule has 2 nitrogen and oxygen atoms in total. The Balaban J connectivity index is 2.36. The van der Waals surface area contributed by atoms with Gasteiger partial charge in [0.15, 0.2) is 0 Å². The fourth-order valence-electron chi connectivity index (χ4n) is 2.18. The van der Waals surface area contributed by atoms with Crippen molar-refractivity contribution in [2.24, 2.45) is 0 Å². The van der Waals surface area contributed by atoms with Gasteiger partial charge in [-0.2, -0.15) is 0 Å². The number of nitrogens with zero attached hydrogens (tertiary/aromatic N) is 1. The zero-order valence-corrected chi connectivity index (χ0v) is 10.8. The topological polar surface area (TPSA) is 12.5 Å². The lowest BCUT2D eigenvalue weighted by molar-refractivity contribution is 0.414. The number of hydrogen-bond donors (Lipinski definition) is 0. The van der Waals surface area contributed by atoms with Gasteiger partial charge in [0.1, 0.15) is 5.75 Å². The molecule has 1 aliphatic rings. The molecule has 0 bridgehead atoms. The molecule has 1 unspecified atom stereocenters. The second-order valence-electron chi connectivity index (χ2n) is 4.00. The maximum atomic E-state index is 5.40. The zero-order chi connectivity index (χ0) is 10.8. The third-order valence-electron chi connectivity index (χ3n) is 3.00. The summed E-state index contributed by atoms with van der Waals surface area (Å²) in [7, 11) is 1.73. The number of benzene rings is 1. The van der Waals surface area contributed by atoms with Crippen LogP contribution in [0.25, 0.3) is 0 Å². The van der Waals surface area contributed by atoms with Crippen molar-refractivity contribution in [3.8, 4) is 5.75 Å². The van der Waals surface area contributed by atoms with E-state index in [4.69, 9.17) is 4.74 Å². The lowest BCUT2D eigenvalue weighted by Crippen LogP contribution is -2.26. The number of ether oxygens (including phenoxy) is 1. The van der Waals surface area contributed by atoms with E-state index in [1.807, 2.05) is 12.1 Å². The highest BCUT2D eigenvalue weighted by Crippen LogP contribution is 2.35. The van der Waals surface area contributed by atoms with Crippen LogP contribution in [0.5, 0.6) is 5.75 Å². The monoisotopic (exact) mass is 269 g/mol. The first-order valence-corrected chi connectivity index (χ1v) is 6.12. The highest BCUT2D eigenvalue weighted by Gasteiger charge is 2.23. The van der Waals surface area contributed by atoms with Gasteiger partial charge in [0.05, 0.1) is 12.8 Å². The summed E-state index contributed by atoms with van der Waals surface area (Å²) in [5.74, 6) is 0.965. The van der Waals surface area contributed by atoms with Gasteiger partial charge in [0.2, 0.25) is 0 Å². The second-order valence-corrected chi connectivity index (χ2v) is 4.92. The summed E-state index contributed by atoms with van der Waals surface area (Å²) in [5.41, 5.74) is 1.21. The smallest absolute Gasteiger partial charge is 0.142 e. The molecule has 1 heterocycles. The van der Waals surface area contributed by atoms with Crippen LogP contribution < -0.4 is 9.64 Å². The molecule has 0 aromatic heterocycles. The van der Waals surface area contributed by atoms with E-state index in [2.05, 4.69) is 33.8 Å². The molecule has 1 aromatic rings. The van der Waals surface area contributed by atoms with Gasteiger partial charge in [-0.1, -0.05) is 15.9 Å². The molecule has 3 heteroatoms. The zero-order valence-electron chi connectivity index (χ0n) is 9.16. The molecule has 0 radical (unpaired) electrons. The highest BCUT2D eigenvalue weighted by atomic mass is 79.9. The van der Waals surface area contributed by atoms with Crippen LogP contribution in [0.4, 0.5) is 5.69 Å². The van der Waals surface area contributed by atoms with E-state index in [1.165, 1.54) is 18.5 Å². The first-order chi connectivity index (χ1) is 7.22. The Labute approximate surface area is 99.4 Å². The summed E-state index contributed by atoms with van der Waals surface area (Å²) in [5, 5.41) is 0. The van der Waals surface area contributed by atoms with Crippen molar-refractivity contribution in [1.29, 1.82) is 0 Å². The molecule has 1 aromatic carbocycles. The number of hydrogen-bond acceptors (Lipinski definition) is 2. The predicted octanol–water partition coefficient (Wildman–Crippen LogP) is 3.45. The molecular weight excluding hydrogens is 254 g/mol. The second kappa shape index (κ2) is 4.44. The van der Waals surface area contributed by atoms with Gasteiger partial charge in [-0.3, -0.25) is 0 Å². The largest absolute Gasteiger partial charge is 0.495 e. The fraction of sp³-hybridized carbons (Fsp3) is 0.500. The first kappa shape index (κ1) is 10.8. The highest BCUT2D eigenvalue weighted by molar-refractivity contribution is 9.10. The van der Waals surface area contributed by atoms with Gasteiger partial charge in [0, 0.05) is 17.1 Å². The maximum Gasteiger partial charge on any atom is 0.142 e. The summed E-state index contributed by atoms with van der Waals surface area (Å²) >= 11 is 3.51. The fourth-order valence-corrected chi connectivity index (χ4v) is 2.53. The van der Waals surface area contributed by atoms with Crippen molar-refractivity contribution in [3.05, 3.63) is 22.7 Å². The number of anilines is 1. The Bertz CT molecular complexity index is 353. The minimum Gasteiger partial charge on any atom is -0.495 e. The standard InChI is InChI=1S/C12H16BrNO/c1-9-4-3-7-14(9)11-8-10(13)5-6-12(11)15-2/h5-6,8-9H,3-4,7H2,1-2H3. The van der Waals surface area contributed by atoms with Crippen LogP contribution >= 0.6 is 15.9 Å². The number of methoxy groups -OCH3 is 1.